The first-order valence-corrected chi connectivity index (χ1v) is 10.3. The molecule has 0 saturated carbocycles. The van der Waals surface area contributed by atoms with E-state index in [1.807, 2.05) is 24.3 Å². The first-order chi connectivity index (χ1) is 14.0. The molecule has 1 aromatic heterocycles. The number of aliphatic imine (C=N–C) groups is 1. The van der Waals surface area contributed by atoms with E-state index < -0.39 is 0 Å². The summed E-state index contributed by atoms with van der Waals surface area (Å²) in [6, 6.07) is 7.85. The van der Waals surface area contributed by atoms with E-state index in [0.29, 0.717) is 35.7 Å². The summed E-state index contributed by atoms with van der Waals surface area (Å²) in [5.74, 6) is 1.93. The van der Waals surface area contributed by atoms with Crippen LogP contribution in [-0.4, -0.2) is 60.3 Å². The Hall–Kier alpha value is -2.38. The number of aromatic nitrogens is 2. The van der Waals surface area contributed by atoms with Crippen molar-refractivity contribution in [3.8, 4) is 11.4 Å². The van der Waals surface area contributed by atoms with Gasteiger partial charge in [0, 0.05) is 56.3 Å². The fourth-order valence-electron chi connectivity index (χ4n) is 3.39. The molecule has 0 unspecified atom stereocenters. The lowest BCUT2D eigenvalue weighted by atomic mass is 10.0. The molecular formula is C21H29ClN6O. The number of nitrogens with one attached hydrogen (secondary N) is 2. The number of nitrogens with zero attached hydrogens (tertiary/aromatic N) is 4. The van der Waals surface area contributed by atoms with E-state index in [1.54, 1.807) is 7.05 Å². The minimum absolute atomic E-state index is 0.431. The third-order valence-electron chi connectivity index (χ3n) is 4.83. The summed E-state index contributed by atoms with van der Waals surface area (Å²) in [5.41, 5.74) is 2.06. The Morgan fingerprint density at radius 3 is 2.86 bits per heavy atom. The molecule has 0 atom stereocenters. The third-order valence-corrected chi connectivity index (χ3v) is 5.06. The molecule has 3 rings (SSSR count). The lowest BCUT2D eigenvalue weighted by Crippen LogP contribution is -2.49. The van der Waals surface area contributed by atoms with Crippen LogP contribution in [0.15, 0.2) is 45.9 Å². The van der Waals surface area contributed by atoms with Crippen molar-refractivity contribution in [1.82, 2.24) is 25.7 Å². The van der Waals surface area contributed by atoms with E-state index in [1.165, 1.54) is 5.57 Å². The molecule has 7 nitrogen and oxygen atoms in total. The van der Waals surface area contributed by atoms with Gasteiger partial charge in [-0.2, -0.15) is 4.98 Å². The summed E-state index contributed by atoms with van der Waals surface area (Å²) >= 11 is 6.02. The van der Waals surface area contributed by atoms with Crippen molar-refractivity contribution >= 4 is 17.6 Å². The number of piperidine rings is 1. The molecule has 2 heterocycles. The first-order valence-electron chi connectivity index (χ1n) is 9.96. The van der Waals surface area contributed by atoms with E-state index in [-0.39, 0.29) is 0 Å². The summed E-state index contributed by atoms with van der Waals surface area (Å²) < 4.78 is 5.35. The molecule has 1 saturated heterocycles. The predicted molar refractivity (Wildman–Crippen MR) is 117 cm³/mol. The zero-order chi connectivity index (χ0) is 20.6. The van der Waals surface area contributed by atoms with E-state index in [0.717, 1.165) is 44.0 Å². The number of halogens is 1. The van der Waals surface area contributed by atoms with Gasteiger partial charge in [0.25, 0.3) is 0 Å². The Kier molecular flexibility index (Phi) is 7.66. The van der Waals surface area contributed by atoms with Crippen LogP contribution in [0.5, 0.6) is 0 Å². The zero-order valence-electron chi connectivity index (χ0n) is 17.1. The van der Waals surface area contributed by atoms with Crippen LogP contribution in [0.4, 0.5) is 0 Å². The Labute approximate surface area is 177 Å². The molecule has 0 spiro atoms. The van der Waals surface area contributed by atoms with Crippen LogP contribution in [0.2, 0.25) is 5.02 Å². The molecule has 0 aliphatic carbocycles. The highest BCUT2D eigenvalue weighted by molar-refractivity contribution is 6.30. The summed E-state index contributed by atoms with van der Waals surface area (Å²) in [7, 11) is 1.79. The van der Waals surface area contributed by atoms with Gasteiger partial charge in [-0.1, -0.05) is 41.0 Å². The van der Waals surface area contributed by atoms with Crippen molar-refractivity contribution in [3.63, 3.8) is 0 Å². The molecule has 0 amide bonds. The maximum Gasteiger partial charge on any atom is 0.228 e. The van der Waals surface area contributed by atoms with Crippen LogP contribution in [0.3, 0.4) is 0 Å². The number of likely N-dealkylation sites (tertiary alicyclic amines) is 1. The Morgan fingerprint density at radius 2 is 2.17 bits per heavy atom. The SMILES string of the molecule is C=C(C)CN1CCC(NC(=NC)NCCc2nc(-c3cccc(Cl)c3)no2)CC1. The smallest absolute Gasteiger partial charge is 0.228 e. The number of hydrogen-bond donors (Lipinski definition) is 2. The van der Waals surface area contributed by atoms with Crippen molar-refractivity contribution in [3.05, 3.63) is 47.3 Å². The van der Waals surface area contributed by atoms with Gasteiger partial charge < -0.3 is 15.2 Å². The van der Waals surface area contributed by atoms with Gasteiger partial charge in [0.1, 0.15) is 0 Å². The van der Waals surface area contributed by atoms with Gasteiger partial charge in [-0.25, -0.2) is 0 Å². The van der Waals surface area contributed by atoms with Crippen molar-refractivity contribution in [2.45, 2.75) is 32.2 Å². The highest BCUT2D eigenvalue weighted by atomic mass is 35.5. The number of benzene rings is 1. The average Bonchev–Trinajstić information content (AvgIpc) is 3.17. The van der Waals surface area contributed by atoms with Crippen molar-refractivity contribution in [2.75, 3.05) is 33.2 Å². The van der Waals surface area contributed by atoms with E-state index in [4.69, 9.17) is 16.1 Å². The van der Waals surface area contributed by atoms with Crippen LogP contribution < -0.4 is 10.6 Å². The normalized spacial score (nSPS) is 16.0. The van der Waals surface area contributed by atoms with Crippen LogP contribution in [0.1, 0.15) is 25.7 Å². The Bertz CT molecular complexity index is 841. The second-order valence-corrected chi connectivity index (χ2v) is 7.86. The molecule has 29 heavy (non-hydrogen) atoms. The molecule has 1 aliphatic heterocycles. The fourth-order valence-corrected chi connectivity index (χ4v) is 3.58. The highest BCUT2D eigenvalue weighted by Gasteiger charge is 2.19. The second kappa shape index (κ2) is 10.4. The summed E-state index contributed by atoms with van der Waals surface area (Å²) in [6.07, 6.45) is 2.81. The average molecular weight is 417 g/mol. The second-order valence-electron chi connectivity index (χ2n) is 7.42. The van der Waals surface area contributed by atoms with Gasteiger partial charge >= 0.3 is 0 Å². The van der Waals surface area contributed by atoms with Gasteiger partial charge in [0.15, 0.2) is 5.96 Å². The number of guanidine groups is 1. The molecule has 1 aliphatic rings. The predicted octanol–water partition coefficient (Wildman–Crippen LogP) is 3.14. The lowest BCUT2D eigenvalue weighted by Gasteiger charge is -2.33. The molecular weight excluding hydrogens is 388 g/mol. The maximum atomic E-state index is 6.02. The first kappa shape index (κ1) is 21.3. The van der Waals surface area contributed by atoms with Gasteiger partial charge in [0.2, 0.25) is 11.7 Å². The Balaban J connectivity index is 1.42. The number of rotatable bonds is 7. The molecule has 1 aromatic carbocycles. The minimum atomic E-state index is 0.431. The molecule has 8 heteroatoms. The summed E-state index contributed by atoms with van der Waals surface area (Å²) in [5, 5.41) is 11.5. The molecule has 2 N–H and O–H groups in total. The summed E-state index contributed by atoms with van der Waals surface area (Å²) in [4.78, 5) is 11.2. The molecule has 2 aromatic rings. The molecule has 0 radical (unpaired) electrons. The molecule has 156 valence electrons. The topological polar surface area (TPSA) is 78.6 Å². The van der Waals surface area contributed by atoms with Gasteiger partial charge in [-0.15, -0.1) is 0 Å². The van der Waals surface area contributed by atoms with Crippen molar-refractivity contribution in [2.24, 2.45) is 4.99 Å². The molecule has 1 fully saturated rings. The quantitative estimate of drug-likeness (QED) is 0.410. The van der Waals surface area contributed by atoms with Crippen molar-refractivity contribution < 1.29 is 4.52 Å². The fraction of sp³-hybridized carbons (Fsp3) is 0.476. The van der Waals surface area contributed by atoms with Crippen LogP contribution in [0, 0.1) is 0 Å². The van der Waals surface area contributed by atoms with Crippen LogP contribution in [0.25, 0.3) is 11.4 Å². The highest BCUT2D eigenvalue weighted by Crippen LogP contribution is 2.20. The third kappa shape index (κ3) is 6.58. The summed E-state index contributed by atoms with van der Waals surface area (Å²) in [6.45, 7) is 9.89. The van der Waals surface area contributed by atoms with Crippen LogP contribution in [-0.2, 0) is 6.42 Å². The van der Waals surface area contributed by atoms with E-state index >= 15 is 0 Å². The largest absolute Gasteiger partial charge is 0.356 e. The van der Waals surface area contributed by atoms with E-state index in [2.05, 4.69) is 44.2 Å². The van der Waals surface area contributed by atoms with Gasteiger partial charge in [-0.05, 0) is 31.9 Å². The molecule has 0 bridgehead atoms. The Morgan fingerprint density at radius 1 is 1.38 bits per heavy atom. The zero-order valence-corrected chi connectivity index (χ0v) is 17.9. The van der Waals surface area contributed by atoms with Crippen LogP contribution >= 0.6 is 11.6 Å². The standard InChI is InChI=1S/C21H29ClN6O/c1-15(2)14-28-11-8-18(9-12-28)25-21(23-3)24-10-7-19-26-20(27-29-19)16-5-4-6-17(22)13-16/h4-6,13,18H,1,7-12,14H2,2-3H3,(H2,23,24,25). The van der Waals surface area contributed by atoms with E-state index in [9.17, 15) is 0 Å². The maximum absolute atomic E-state index is 6.02. The number of hydrogen-bond acceptors (Lipinski definition) is 5. The van der Waals surface area contributed by atoms with Gasteiger partial charge in [-0.3, -0.25) is 9.89 Å². The van der Waals surface area contributed by atoms with Gasteiger partial charge in [0.05, 0.1) is 0 Å². The minimum Gasteiger partial charge on any atom is -0.356 e. The van der Waals surface area contributed by atoms with Crippen molar-refractivity contribution in [1.29, 1.82) is 0 Å². The lowest BCUT2D eigenvalue weighted by molar-refractivity contribution is 0.221. The monoisotopic (exact) mass is 416 g/mol.